The molecule has 0 bridgehead atoms. The second-order valence-corrected chi connectivity index (χ2v) is 6.27. The number of benzene rings is 1. The molecular weight excluding hydrogens is 280 g/mol. The smallest absolute Gasteiger partial charge is 0.230 e. The summed E-state index contributed by atoms with van der Waals surface area (Å²) in [5.74, 6) is 0.913. The third-order valence-corrected chi connectivity index (χ3v) is 4.63. The highest BCUT2D eigenvalue weighted by Gasteiger charge is 2.22. The Morgan fingerprint density at radius 2 is 1.86 bits per heavy atom. The summed E-state index contributed by atoms with van der Waals surface area (Å²) in [7, 11) is 2.05. The molecule has 1 aromatic carbocycles. The Morgan fingerprint density at radius 3 is 2.52 bits per heavy atom. The van der Waals surface area contributed by atoms with Gasteiger partial charge in [-0.25, -0.2) is 5.10 Å². The van der Waals surface area contributed by atoms with E-state index in [9.17, 15) is 0 Å². The molecule has 1 heterocycles. The summed E-state index contributed by atoms with van der Waals surface area (Å²) < 4.78 is 2.94. The second-order valence-electron chi connectivity index (χ2n) is 5.89. The zero-order valence-corrected chi connectivity index (χ0v) is 13.5. The predicted molar refractivity (Wildman–Crippen MR) is 88.8 cm³/mol. The molecule has 0 spiro atoms. The Kier molecular flexibility index (Phi) is 4.10. The van der Waals surface area contributed by atoms with Crippen molar-refractivity contribution in [1.29, 1.82) is 0 Å². The summed E-state index contributed by atoms with van der Waals surface area (Å²) in [5, 5.41) is 7.43. The quantitative estimate of drug-likeness (QED) is 0.847. The number of H-pyrrole nitrogens is 1. The number of hydrogen-bond acceptors (Lipinski definition) is 3. The van der Waals surface area contributed by atoms with Gasteiger partial charge in [0.05, 0.1) is 0 Å². The van der Waals surface area contributed by atoms with E-state index in [1.54, 1.807) is 0 Å². The van der Waals surface area contributed by atoms with Crippen molar-refractivity contribution in [3.63, 3.8) is 0 Å². The van der Waals surface area contributed by atoms with Crippen molar-refractivity contribution in [3.05, 3.63) is 34.6 Å². The zero-order chi connectivity index (χ0) is 14.8. The van der Waals surface area contributed by atoms with Gasteiger partial charge in [-0.1, -0.05) is 37.0 Å². The number of nitrogens with zero attached hydrogens (tertiary/aromatic N) is 3. The molecule has 1 N–H and O–H groups in total. The summed E-state index contributed by atoms with van der Waals surface area (Å²) in [5.41, 5.74) is 2.39. The lowest BCUT2D eigenvalue weighted by atomic mass is 9.95. The Balaban J connectivity index is 1.94. The van der Waals surface area contributed by atoms with Gasteiger partial charge < -0.3 is 4.90 Å². The van der Waals surface area contributed by atoms with Crippen molar-refractivity contribution >= 4 is 23.9 Å². The van der Waals surface area contributed by atoms with E-state index in [0.717, 1.165) is 16.4 Å². The molecule has 4 nitrogen and oxygen atoms in total. The molecule has 0 aliphatic heterocycles. The van der Waals surface area contributed by atoms with Crippen molar-refractivity contribution in [1.82, 2.24) is 14.8 Å². The van der Waals surface area contributed by atoms with Gasteiger partial charge in [0.2, 0.25) is 5.95 Å². The first-order valence-corrected chi connectivity index (χ1v) is 8.05. The highest BCUT2D eigenvalue weighted by Crippen LogP contribution is 2.32. The first-order valence-electron chi connectivity index (χ1n) is 7.64. The molecule has 0 saturated heterocycles. The first kappa shape index (κ1) is 14.3. The van der Waals surface area contributed by atoms with E-state index >= 15 is 0 Å². The van der Waals surface area contributed by atoms with Gasteiger partial charge in [-0.05, 0) is 44.1 Å². The average Bonchev–Trinajstić information content (AvgIpc) is 2.90. The van der Waals surface area contributed by atoms with E-state index < -0.39 is 0 Å². The lowest BCUT2D eigenvalue weighted by Crippen LogP contribution is -2.20. The van der Waals surface area contributed by atoms with Crippen LogP contribution in [0.25, 0.3) is 0 Å². The van der Waals surface area contributed by atoms with Crippen LogP contribution in [0.3, 0.4) is 0 Å². The molecule has 0 amide bonds. The zero-order valence-electron chi connectivity index (χ0n) is 12.7. The number of hydrogen-bond donors (Lipinski definition) is 1. The summed E-state index contributed by atoms with van der Waals surface area (Å²) in [4.78, 5) is 2.11. The SMILES string of the molecule is Cc1ccc(N(C)c2n[nH]c(=S)n2C2CCCCC2)cc1. The Bertz CT molecular complexity index is 650. The lowest BCUT2D eigenvalue weighted by molar-refractivity contribution is 0.351. The predicted octanol–water partition coefficient (Wildman–Crippen LogP) is 4.52. The molecule has 2 aromatic rings. The van der Waals surface area contributed by atoms with Crippen molar-refractivity contribution in [2.24, 2.45) is 0 Å². The maximum atomic E-state index is 5.46. The summed E-state index contributed by atoms with van der Waals surface area (Å²) >= 11 is 5.46. The van der Waals surface area contributed by atoms with E-state index in [2.05, 4.69) is 57.9 Å². The molecule has 1 aromatic heterocycles. The topological polar surface area (TPSA) is 36.9 Å². The number of rotatable bonds is 3. The van der Waals surface area contributed by atoms with Crippen molar-refractivity contribution in [3.8, 4) is 0 Å². The molecule has 0 atom stereocenters. The Hall–Kier alpha value is -1.62. The fourth-order valence-corrected chi connectivity index (χ4v) is 3.36. The monoisotopic (exact) mass is 302 g/mol. The molecule has 5 heteroatoms. The summed E-state index contributed by atoms with van der Waals surface area (Å²) in [6.07, 6.45) is 6.30. The van der Waals surface area contributed by atoms with Gasteiger partial charge in [0.15, 0.2) is 4.77 Å². The van der Waals surface area contributed by atoms with Crippen LogP contribution < -0.4 is 4.90 Å². The van der Waals surface area contributed by atoms with Gasteiger partial charge in [-0.15, -0.1) is 5.10 Å². The van der Waals surface area contributed by atoms with Crippen LogP contribution in [0, 0.1) is 11.7 Å². The van der Waals surface area contributed by atoms with E-state index in [1.165, 1.54) is 37.7 Å². The average molecular weight is 302 g/mol. The molecule has 112 valence electrons. The molecule has 1 saturated carbocycles. The van der Waals surface area contributed by atoms with E-state index in [-0.39, 0.29) is 0 Å². The molecule has 1 aliphatic rings. The minimum absolute atomic E-state index is 0.480. The van der Waals surface area contributed by atoms with Crippen LogP contribution in [0.1, 0.15) is 43.7 Å². The molecular formula is C16H22N4S. The van der Waals surface area contributed by atoms with E-state index in [0.29, 0.717) is 6.04 Å². The van der Waals surface area contributed by atoms with E-state index in [4.69, 9.17) is 12.2 Å². The normalized spacial score (nSPS) is 16.1. The van der Waals surface area contributed by atoms with Crippen LogP contribution in [0.5, 0.6) is 0 Å². The number of anilines is 2. The lowest BCUT2D eigenvalue weighted by Gasteiger charge is -2.27. The molecule has 1 aliphatic carbocycles. The minimum Gasteiger partial charge on any atom is -0.314 e. The summed E-state index contributed by atoms with van der Waals surface area (Å²) in [6.45, 7) is 2.10. The van der Waals surface area contributed by atoms with Gasteiger partial charge in [0.25, 0.3) is 0 Å². The van der Waals surface area contributed by atoms with Gasteiger partial charge in [0, 0.05) is 18.8 Å². The van der Waals surface area contributed by atoms with Gasteiger partial charge in [-0.3, -0.25) is 4.57 Å². The van der Waals surface area contributed by atoms with E-state index in [1.807, 2.05) is 0 Å². The highest BCUT2D eigenvalue weighted by molar-refractivity contribution is 7.71. The third-order valence-electron chi connectivity index (χ3n) is 4.35. The largest absolute Gasteiger partial charge is 0.314 e. The number of nitrogens with one attached hydrogen (secondary N) is 1. The van der Waals surface area contributed by atoms with Crippen LogP contribution in [0.15, 0.2) is 24.3 Å². The Morgan fingerprint density at radius 1 is 1.19 bits per heavy atom. The van der Waals surface area contributed by atoms with Crippen LogP contribution in [0.2, 0.25) is 0 Å². The van der Waals surface area contributed by atoms with Gasteiger partial charge in [-0.2, -0.15) is 0 Å². The highest BCUT2D eigenvalue weighted by atomic mass is 32.1. The summed E-state index contributed by atoms with van der Waals surface area (Å²) in [6, 6.07) is 8.97. The van der Waals surface area contributed by atoms with Crippen LogP contribution >= 0.6 is 12.2 Å². The van der Waals surface area contributed by atoms with Crippen molar-refractivity contribution in [2.75, 3.05) is 11.9 Å². The molecule has 21 heavy (non-hydrogen) atoms. The van der Waals surface area contributed by atoms with Gasteiger partial charge >= 0.3 is 0 Å². The van der Waals surface area contributed by atoms with Crippen LogP contribution in [-0.2, 0) is 0 Å². The molecule has 3 rings (SSSR count). The maximum Gasteiger partial charge on any atom is 0.230 e. The van der Waals surface area contributed by atoms with Gasteiger partial charge in [0.1, 0.15) is 0 Å². The van der Waals surface area contributed by atoms with Crippen LogP contribution in [-0.4, -0.2) is 21.8 Å². The van der Waals surface area contributed by atoms with Crippen molar-refractivity contribution in [2.45, 2.75) is 45.1 Å². The number of aromatic nitrogens is 3. The molecule has 0 radical (unpaired) electrons. The molecule has 1 fully saturated rings. The maximum absolute atomic E-state index is 5.46. The minimum atomic E-state index is 0.480. The van der Waals surface area contributed by atoms with Crippen molar-refractivity contribution < 1.29 is 0 Å². The number of aryl methyl sites for hydroxylation is 1. The fourth-order valence-electron chi connectivity index (χ4n) is 3.09. The Labute approximate surface area is 130 Å². The number of aromatic amines is 1. The van der Waals surface area contributed by atoms with Crippen LogP contribution in [0.4, 0.5) is 11.6 Å². The fraction of sp³-hybridized carbons (Fsp3) is 0.500. The first-order chi connectivity index (χ1) is 10.2. The standard InChI is InChI=1S/C16H22N4S/c1-12-8-10-13(11-9-12)19(2)15-17-18-16(21)20(15)14-6-4-3-5-7-14/h8-11,14H,3-7H2,1-2H3,(H,18,21). The third kappa shape index (κ3) is 2.88. The second kappa shape index (κ2) is 6.02. The molecule has 0 unspecified atom stereocenters.